The summed E-state index contributed by atoms with van der Waals surface area (Å²) in [5.41, 5.74) is 15.0. The summed E-state index contributed by atoms with van der Waals surface area (Å²) in [6.07, 6.45) is 1.82. The number of aromatic nitrogens is 1. The number of fused-ring (bicyclic) bond motifs is 3. The second-order valence-electron chi connectivity index (χ2n) is 12.4. The average Bonchev–Trinajstić information content (AvgIpc) is 3.59. The van der Waals surface area contributed by atoms with Crippen molar-refractivity contribution in [3.63, 3.8) is 0 Å². The van der Waals surface area contributed by atoms with E-state index in [1.165, 1.54) is 33.4 Å². The number of para-hydroxylation sites is 1. The minimum atomic E-state index is 0.792. The molecule has 0 amide bonds. The van der Waals surface area contributed by atoms with Crippen molar-refractivity contribution >= 4 is 39.1 Å². The molecule has 9 aromatic rings. The number of nitrogens with zero attached hydrogens (tertiary/aromatic N) is 2. The van der Waals surface area contributed by atoms with Gasteiger partial charge in [-0.3, -0.25) is 4.98 Å². The Kier molecular flexibility index (Phi) is 7.49. The summed E-state index contributed by atoms with van der Waals surface area (Å²) in [6, 6.07) is 66.4. The molecule has 7 aromatic carbocycles. The molecule has 236 valence electrons. The van der Waals surface area contributed by atoms with Crippen molar-refractivity contribution in [2.24, 2.45) is 0 Å². The Balaban J connectivity index is 1.13. The van der Waals surface area contributed by atoms with E-state index in [4.69, 9.17) is 4.42 Å². The van der Waals surface area contributed by atoms with Gasteiger partial charge in [-0.15, -0.1) is 0 Å². The maximum Gasteiger partial charge on any atom is 0.153 e. The van der Waals surface area contributed by atoms with Crippen LogP contribution in [-0.2, 0) is 0 Å². The maximum atomic E-state index is 6.38. The van der Waals surface area contributed by atoms with E-state index in [1.807, 2.05) is 18.3 Å². The van der Waals surface area contributed by atoms with Crippen LogP contribution in [-0.4, -0.2) is 4.98 Å². The van der Waals surface area contributed by atoms with E-state index in [0.717, 1.165) is 50.3 Å². The molecule has 0 aliphatic carbocycles. The summed E-state index contributed by atoms with van der Waals surface area (Å²) in [4.78, 5) is 6.93. The van der Waals surface area contributed by atoms with Crippen LogP contribution in [0.5, 0.6) is 0 Å². The molecule has 0 spiro atoms. The zero-order valence-corrected chi connectivity index (χ0v) is 27.3. The van der Waals surface area contributed by atoms with Gasteiger partial charge in [-0.2, -0.15) is 0 Å². The van der Waals surface area contributed by atoms with Gasteiger partial charge in [0.05, 0.1) is 0 Å². The van der Waals surface area contributed by atoms with Crippen molar-refractivity contribution in [1.82, 2.24) is 4.98 Å². The minimum absolute atomic E-state index is 0.792. The van der Waals surface area contributed by atoms with Crippen molar-refractivity contribution in [3.05, 3.63) is 194 Å². The van der Waals surface area contributed by atoms with Crippen LogP contribution in [0.4, 0.5) is 17.1 Å². The number of anilines is 3. The second kappa shape index (κ2) is 12.7. The smallest absolute Gasteiger partial charge is 0.153 e. The Morgan fingerprint density at radius 2 is 0.920 bits per heavy atom. The SMILES string of the molecule is c1ccc(-c2ccc(N(c3ccc(-c4cccc(-c5ccccc5)c4)cc3)c3cccc(-c4cccc5c4oc4cccnc45)c3)cc2)cc1. The quantitative estimate of drug-likeness (QED) is 0.174. The van der Waals surface area contributed by atoms with E-state index in [2.05, 4.69) is 186 Å². The molecule has 0 saturated heterocycles. The van der Waals surface area contributed by atoms with Gasteiger partial charge >= 0.3 is 0 Å². The molecule has 2 heterocycles. The van der Waals surface area contributed by atoms with E-state index in [0.29, 0.717) is 0 Å². The second-order valence-corrected chi connectivity index (χ2v) is 12.4. The van der Waals surface area contributed by atoms with Gasteiger partial charge < -0.3 is 9.32 Å². The molecule has 0 atom stereocenters. The molecule has 0 unspecified atom stereocenters. The minimum Gasteiger partial charge on any atom is -0.454 e. The van der Waals surface area contributed by atoms with Crippen LogP contribution in [0.15, 0.2) is 199 Å². The van der Waals surface area contributed by atoms with Gasteiger partial charge in [0.15, 0.2) is 5.58 Å². The number of benzene rings is 7. The lowest BCUT2D eigenvalue weighted by molar-refractivity contribution is 0.669. The van der Waals surface area contributed by atoms with Gasteiger partial charge in [0.25, 0.3) is 0 Å². The molecule has 0 radical (unpaired) electrons. The number of hydrogen-bond acceptors (Lipinski definition) is 3. The number of furan rings is 1. The first-order valence-corrected chi connectivity index (χ1v) is 16.9. The Bertz CT molecular complexity index is 2570. The Labute approximate surface area is 291 Å². The van der Waals surface area contributed by atoms with Crippen molar-refractivity contribution < 1.29 is 4.42 Å². The van der Waals surface area contributed by atoms with E-state index in [1.54, 1.807) is 0 Å². The van der Waals surface area contributed by atoms with Gasteiger partial charge in [-0.1, -0.05) is 127 Å². The Hall–Kier alpha value is -6.71. The third kappa shape index (κ3) is 5.51. The highest BCUT2D eigenvalue weighted by molar-refractivity contribution is 6.07. The highest BCUT2D eigenvalue weighted by atomic mass is 16.3. The van der Waals surface area contributed by atoms with Gasteiger partial charge in [-0.05, 0) is 99.6 Å². The van der Waals surface area contributed by atoms with Crippen LogP contribution in [0.1, 0.15) is 0 Å². The van der Waals surface area contributed by atoms with Gasteiger partial charge in [0.1, 0.15) is 11.1 Å². The highest BCUT2D eigenvalue weighted by Gasteiger charge is 2.17. The van der Waals surface area contributed by atoms with Crippen molar-refractivity contribution in [3.8, 4) is 44.5 Å². The number of hydrogen-bond donors (Lipinski definition) is 0. The van der Waals surface area contributed by atoms with Crippen molar-refractivity contribution in [1.29, 1.82) is 0 Å². The molecule has 0 bridgehead atoms. The van der Waals surface area contributed by atoms with Crippen molar-refractivity contribution in [2.75, 3.05) is 4.90 Å². The van der Waals surface area contributed by atoms with Gasteiger partial charge in [0, 0.05) is 34.2 Å². The molecule has 9 rings (SSSR count). The zero-order valence-electron chi connectivity index (χ0n) is 27.3. The fourth-order valence-electron chi connectivity index (χ4n) is 6.85. The maximum absolute atomic E-state index is 6.38. The first-order valence-electron chi connectivity index (χ1n) is 16.9. The molecule has 0 fully saturated rings. The Morgan fingerprint density at radius 1 is 0.380 bits per heavy atom. The normalized spacial score (nSPS) is 11.2. The Morgan fingerprint density at radius 3 is 1.60 bits per heavy atom. The fourth-order valence-corrected chi connectivity index (χ4v) is 6.85. The molecule has 0 aliphatic rings. The summed E-state index contributed by atoms with van der Waals surface area (Å²) in [6.45, 7) is 0. The largest absolute Gasteiger partial charge is 0.454 e. The van der Waals surface area contributed by atoms with E-state index in [9.17, 15) is 0 Å². The summed E-state index contributed by atoms with van der Waals surface area (Å²) in [5.74, 6) is 0. The standard InChI is InChI=1S/C47H32N2O/c1-3-11-33(12-4-1)35-22-26-40(27-23-35)49(41-28-24-36(25-29-41)38-16-7-15-37(31-38)34-13-5-2-6-14-34)42-18-8-17-39(32-42)43-19-9-20-44-46-45(50-47(43)44)21-10-30-48-46/h1-32H. The molecular formula is C47H32N2O. The first kappa shape index (κ1) is 29.4. The third-order valence-electron chi connectivity index (χ3n) is 9.33. The fraction of sp³-hybridized carbons (Fsp3) is 0. The lowest BCUT2D eigenvalue weighted by Gasteiger charge is -2.26. The van der Waals surface area contributed by atoms with E-state index < -0.39 is 0 Å². The van der Waals surface area contributed by atoms with E-state index >= 15 is 0 Å². The summed E-state index contributed by atoms with van der Waals surface area (Å²) in [5, 5.41) is 1.02. The van der Waals surface area contributed by atoms with E-state index in [-0.39, 0.29) is 0 Å². The van der Waals surface area contributed by atoms with Crippen LogP contribution >= 0.6 is 0 Å². The van der Waals surface area contributed by atoms with Crippen LogP contribution < -0.4 is 4.90 Å². The predicted octanol–water partition coefficient (Wildman–Crippen LogP) is 13.1. The van der Waals surface area contributed by atoms with Crippen LogP contribution in [0.2, 0.25) is 0 Å². The van der Waals surface area contributed by atoms with Gasteiger partial charge in [-0.25, -0.2) is 0 Å². The zero-order chi connectivity index (χ0) is 33.3. The predicted molar refractivity (Wildman–Crippen MR) is 208 cm³/mol. The van der Waals surface area contributed by atoms with Crippen LogP contribution in [0.25, 0.3) is 66.6 Å². The summed E-state index contributed by atoms with van der Waals surface area (Å²) in [7, 11) is 0. The molecule has 0 N–H and O–H groups in total. The highest BCUT2D eigenvalue weighted by Crippen LogP contribution is 2.40. The first-order chi connectivity index (χ1) is 24.8. The lowest BCUT2D eigenvalue weighted by atomic mass is 9.98. The summed E-state index contributed by atoms with van der Waals surface area (Å²) >= 11 is 0. The summed E-state index contributed by atoms with van der Waals surface area (Å²) < 4.78 is 6.38. The van der Waals surface area contributed by atoms with Gasteiger partial charge in [0.2, 0.25) is 0 Å². The third-order valence-corrected chi connectivity index (χ3v) is 9.33. The average molecular weight is 641 g/mol. The lowest BCUT2D eigenvalue weighted by Crippen LogP contribution is -2.10. The molecule has 0 saturated carbocycles. The van der Waals surface area contributed by atoms with Crippen LogP contribution in [0, 0.1) is 0 Å². The molecule has 50 heavy (non-hydrogen) atoms. The monoisotopic (exact) mass is 640 g/mol. The molecule has 2 aromatic heterocycles. The molecule has 3 heteroatoms. The molecule has 3 nitrogen and oxygen atoms in total. The number of pyridine rings is 1. The molecular weight excluding hydrogens is 609 g/mol. The van der Waals surface area contributed by atoms with Crippen LogP contribution in [0.3, 0.4) is 0 Å². The molecule has 0 aliphatic heterocycles. The number of rotatable bonds is 7. The topological polar surface area (TPSA) is 29.3 Å². The van der Waals surface area contributed by atoms with Crippen molar-refractivity contribution in [2.45, 2.75) is 0 Å².